The van der Waals surface area contributed by atoms with E-state index in [1.54, 1.807) is 0 Å². The number of hydrogen-bond acceptors (Lipinski definition) is 3. The Morgan fingerprint density at radius 1 is 0.963 bits per heavy atom. The van der Waals surface area contributed by atoms with E-state index >= 15 is 0 Å². The third-order valence-corrected chi connectivity index (χ3v) is 5.92. The van der Waals surface area contributed by atoms with Crippen molar-refractivity contribution < 1.29 is 4.79 Å². The molecule has 0 aliphatic carbocycles. The van der Waals surface area contributed by atoms with Crippen LogP contribution in [0.2, 0.25) is 0 Å². The standard InChI is InChI=1S/C22H27N3O.ClH/c23-14-18-15-24(16-20(18)17-8-3-1-4-9-17)21-12-7-13-25(22(21)26)19-10-5-2-6-11-19;/h1-6,8-11,18,20-21H,7,12-16,23H2;1H/t18-,20+,21?;/m1./s1. The van der Waals surface area contributed by atoms with Crippen LogP contribution in [-0.4, -0.2) is 43.0 Å². The second-order valence-corrected chi connectivity index (χ2v) is 7.45. The molecule has 144 valence electrons. The fourth-order valence-corrected chi connectivity index (χ4v) is 4.54. The first kappa shape index (κ1) is 19.9. The zero-order chi connectivity index (χ0) is 17.9. The molecule has 2 aliphatic heterocycles. The molecule has 4 rings (SSSR count). The molecule has 0 bridgehead atoms. The van der Waals surface area contributed by atoms with Gasteiger partial charge in [0.1, 0.15) is 0 Å². The topological polar surface area (TPSA) is 49.6 Å². The van der Waals surface area contributed by atoms with Gasteiger partial charge in [-0.25, -0.2) is 0 Å². The van der Waals surface area contributed by atoms with E-state index in [9.17, 15) is 4.79 Å². The van der Waals surface area contributed by atoms with Crippen LogP contribution in [0.5, 0.6) is 0 Å². The molecule has 2 aliphatic rings. The second kappa shape index (κ2) is 8.87. The average Bonchev–Trinajstić information content (AvgIpc) is 3.14. The summed E-state index contributed by atoms with van der Waals surface area (Å²) < 4.78 is 0. The van der Waals surface area contributed by atoms with Gasteiger partial charge in [0.2, 0.25) is 5.91 Å². The van der Waals surface area contributed by atoms with Crippen molar-refractivity contribution in [3.63, 3.8) is 0 Å². The van der Waals surface area contributed by atoms with Crippen LogP contribution < -0.4 is 10.6 Å². The largest absolute Gasteiger partial charge is 0.330 e. The minimum absolute atomic E-state index is 0. The van der Waals surface area contributed by atoms with Gasteiger partial charge in [0, 0.05) is 31.2 Å². The number of nitrogens with zero attached hydrogens (tertiary/aromatic N) is 2. The number of nitrogens with two attached hydrogens (primary N) is 1. The maximum atomic E-state index is 13.2. The van der Waals surface area contributed by atoms with Gasteiger partial charge in [-0.15, -0.1) is 12.4 Å². The monoisotopic (exact) mass is 385 g/mol. The maximum Gasteiger partial charge on any atom is 0.244 e. The van der Waals surface area contributed by atoms with Crippen molar-refractivity contribution in [1.82, 2.24) is 4.90 Å². The Labute approximate surface area is 167 Å². The number of carbonyl (C=O) groups excluding carboxylic acids is 1. The molecule has 0 radical (unpaired) electrons. The third-order valence-electron chi connectivity index (χ3n) is 5.92. The minimum atomic E-state index is -0.0216. The quantitative estimate of drug-likeness (QED) is 0.878. The normalized spacial score (nSPS) is 26.0. The lowest BCUT2D eigenvalue weighted by molar-refractivity contribution is -0.125. The highest BCUT2D eigenvalue weighted by atomic mass is 35.5. The van der Waals surface area contributed by atoms with Crippen molar-refractivity contribution in [3.8, 4) is 0 Å². The van der Waals surface area contributed by atoms with E-state index in [-0.39, 0.29) is 24.4 Å². The summed E-state index contributed by atoms with van der Waals surface area (Å²) in [5, 5.41) is 0. The molecule has 2 saturated heterocycles. The summed E-state index contributed by atoms with van der Waals surface area (Å²) >= 11 is 0. The number of benzene rings is 2. The zero-order valence-electron chi connectivity index (χ0n) is 15.5. The zero-order valence-corrected chi connectivity index (χ0v) is 16.4. The number of carbonyl (C=O) groups is 1. The third kappa shape index (κ3) is 4.03. The molecule has 2 fully saturated rings. The number of likely N-dealkylation sites (tertiary alicyclic amines) is 1. The molecule has 4 nitrogen and oxygen atoms in total. The molecule has 2 aromatic carbocycles. The molecule has 0 aromatic heterocycles. The molecular weight excluding hydrogens is 358 g/mol. The molecule has 2 aromatic rings. The van der Waals surface area contributed by atoms with Gasteiger partial charge in [0.05, 0.1) is 6.04 Å². The summed E-state index contributed by atoms with van der Waals surface area (Å²) in [7, 11) is 0. The highest BCUT2D eigenvalue weighted by molar-refractivity contribution is 5.97. The predicted molar refractivity (Wildman–Crippen MR) is 112 cm³/mol. The van der Waals surface area contributed by atoms with Gasteiger partial charge in [-0.2, -0.15) is 0 Å². The van der Waals surface area contributed by atoms with E-state index < -0.39 is 0 Å². The van der Waals surface area contributed by atoms with Gasteiger partial charge >= 0.3 is 0 Å². The number of amides is 1. The molecule has 5 heteroatoms. The average molecular weight is 386 g/mol. The van der Waals surface area contributed by atoms with Crippen molar-refractivity contribution >= 4 is 24.0 Å². The van der Waals surface area contributed by atoms with Gasteiger partial charge in [-0.1, -0.05) is 48.5 Å². The minimum Gasteiger partial charge on any atom is -0.330 e. The van der Waals surface area contributed by atoms with Crippen molar-refractivity contribution in [2.45, 2.75) is 24.8 Å². The second-order valence-electron chi connectivity index (χ2n) is 7.45. The van der Waals surface area contributed by atoms with Gasteiger partial charge < -0.3 is 10.6 Å². The molecule has 2 N–H and O–H groups in total. The first-order valence-corrected chi connectivity index (χ1v) is 9.63. The Bertz CT molecular complexity index is 740. The van der Waals surface area contributed by atoms with Crippen LogP contribution in [0.4, 0.5) is 5.69 Å². The molecule has 3 atom stereocenters. The Balaban J connectivity index is 0.00000210. The lowest BCUT2D eigenvalue weighted by atomic mass is 9.89. The highest BCUT2D eigenvalue weighted by Gasteiger charge is 2.41. The molecule has 0 spiro atoms. The first-order valence-electron chi connectivity index (χ1n) is 9.63. The van der Waals surface area contributed by atoms with E-state index in [4.69, 9.17) is 5.73 Å². The van der Waals surface area contributed by atoms with Crippen LogP contribution in [0, 0.1) is 5.92 Å². The Kier molecular flexibility index (Phi) is 6.53. The van der Waals surface area contributed by atoms with E-state index in [0.29, 0.717) is 18.4 Å². The van der Waals surface area contributed by atoms with Crippen LogP contribution >= 0.6 is 12.4 Å². The molecule has 1 amide bonds. The summed E-state index contributed by atoms with van der Waals surface area (Å²) in [6.07, 6.45) is 1.99. The maximum absolute atomic E-state index is 13.2. The van der Waals surface area contributed by atoms with E-state index in [1.807, 2.05) is 35.2 Å². The SMILES string of the molecule is Cl.NC[C@@H]1CN(C2CCCN(c3ccccc3)C2=O)C[C@H]1c1ccccc1. The fraction of sp³-hybridized carbons (Fsp3) is 0.409. The highest BCUT2D eigenvalue weighted by Crippen LogP contribution is 2.35. The van der Waals surface area contributed by atoms with Crippen LogP contribution in [0.15, 0.2) is 60.7 Å². The van der Waals surface area contributed by atoms with Crippen LogP contribution in [0.3, 0.4) is 0 Å². The summed E-state index contributed by atoms with van der Waals surface area (Å²) in [5.41, 5.74) is 8.44. The summed E-state index contributed by atoms with van der Waals surface area (Å²) in [6, 6.07) is 20.6. The molecule has 2 heterocycles. The summed E-state index contributed by atoms with van der Waals surface area (Å²) in [5.74, 6) is 1.07. The van der Waals surface area contributed by atoms with Crippen LogP contribution in [0.1, 0.15) is 24.3 Å². The van der Waals surface area contributed by atoms with Crippen LogP contribution in [-0.2, 0) is 4.79 Å². The van der Waals surface area contributed by atoms with E-state index in [2.05, 4.69) is 35.2 Å². The van der Waals surface area contributed by atoms with Crippen LogP contribution in [0.25, 0.3) is 0 Å². The number of hydrogen-bond donors (Lipinski definition) is 1. The lowest BCUT2D eigenvalue weighted by Crippen LogP contribution is -2.52. The number of rotatable bonds is 4. The molecule has 1 unspecified atom stereocenters. The summed E-state index contributed by atoms with van der Waals surface area (Å²) in [6.45, 7) is 3.31. The van der Waals surface area contributed by atoms with Gasteiger partial charge in [0.15, 0.2) is 0 Å². The van der Waals surface area contributed by atoms with Crippen molar-refractivity contribution in [3.05, 3.63) is 66.2 Å². The number of para-hydroxylation sites is 1. The van der Waals surface area contributed by atoms with E-state index in [1.165, 1.54) is 5.56 Å². The fourth-order valence-electron chi connectivity index (χ4n) is 4.54. The van der Waals surface area contributed by atoms with Gasteiger partial charge in [0.25, 0.3) is 0 Å². The predicted octanol–water partition coefficient (Wildman–Crippen LogP) is 3.28. The number of anilines is 1. The van der Waals surface area contributed by atoms with Crippen molar-refractivity contribution in [1.29, 1.82) is 0 Å². The van der Waals surface area contributed by atoms with Crippen molar-refractivity contribution in [2.75, 3.05) is 31.1 Å². The molecular formula is C22H28ClN3O. The van der Waals surface area contributed by atoms with Gasteiger partial charge in [-0.05, 0) is 43.0 Å². The van der Waals surface area contributed by atoms with E-state index in [0.717, 1.165) is 38.2 Å². The van der Waals surface area contributed by atoms with Crippen molar-refractivity contribution in [2.24, 2.45) is 11.7 Å². The smallest absolute Gasteiger partial charge is 0.244 e. The lowest BCUT2D eigenvalue weighted by Gasteiger charge is -2.37. The summed E-state index contributed by atoms with van der Waals surface area (Å²) in [4.78, 5) is 17.5. The first-order chi connectivity index (χ1) is 12.8. The van der Waals surface area contributed by atoms with Gasteiger partial charge in [-0.3, -0.25) is 9.69 Å². The molecule has 0 saturated carbocycles. The Morgan fingerprint density at radius 2 is 1.63 bits per heavy atom. The number of halogens is 1. The number of piperidine rings is 1. The molecule has 27 heavy (non-hydrogen) atoms. The Morgan fingerprint density at radius 3 is 2.30 bits per heavy atom. The Hall–Kier alpha value is -1.88.